The largest absolute Gasteiger partial charge is 0.485 e. The van der Waals surface area contributed by atoms with Gasteiger partial charge >= 0.3 is 0 Å². The molecule has 0 aromatic heterocycles. The van der Waals surface area contributed by atoms with Gasteiger partial charge in [-0.1, -0.05) is 48.0 Å². The van der Waals surface area contributed by atoms with Gasteiger partial charge in [-0.15, -0.1) is 11.6 Å². The van der Waals surface area contributed by atoms with Gasteiger partial charge in [0.1, 0.15) is 11.9 Å². The number of alkyl halides is 1. The van der Waals surface area contributed by atoms with E-state index in [4.69, 9.17) is 16.3 Å². The number of hydrogen-bond acceptors (Lipinski definition) is 1. The Morgan fingerprint density at radius 1 is 1.05 bits per heavy atom. The summed E-state index contributed by atoms with van der Waals surface area (Å²) in [6.07, 6.45) is 0.818. The van der Waals surface area contributed by atoms with E-state index in [2.05, 4.69) is 38.1 Å². The van der Waals surface area contributed by atoms with Crippen molar-refractivity contribution in [2.45, 2.75) is 26.4 Å². The quantitative estimate of drug-likeness (QED) is 0.693. The molecule has 2 aromatic rings. The molecule has 0 N–H and O–H groups in total. The lowest BCUT2D eigenvalue weighted by molar-refractivity contribution is 0.201. The minimum absolute atomic E-state index is 0.0140. The second-order valence-electron chi connectivity index (χ2n) is 4.76. The first-order valence-corrected chi connectivity index (χ1v) is 7.09. The Balaban J connectivity index is 2.21. The Morgan fingerprint density at radius 2 is 1.79 bits per heavy atom. The Hall–Kier alpha value is -1.47. The molecular weight excluding hydrogens is 256 g/mol. The van der Waals surface area contributed by atoms with E-state index in [1.165, 1.54) is 11.1 Å². The van der Waals surface area contributed by atoms with E-state index in [1.807, 2.05) is 24.3 Å². The maximum absolute atomic E-state index is 6.14. The van der Waals surface area contributed by atoms with Crippen molar-refractivity contribution in [3.63, 3.8) is 0 Å². The highest BCUT2D eigenvalue weighted by Gasteiger charge is 2.13. The van der Waals surface area contributed by atoms with Crippen molar-refractivity contribution in [2.75, 3.05) is 5.88 Å². The molecular formula is C17H19ClO. The Kier molecular flexibility index (Phi) is 4.86. The highest BCUT2D eigenvalue weighted by molar-refractivity contribution is 6.17. The fourth-order valence-electron chi connectivity index (χ4n) is 2.15. The summed E-state index contributed by atoms with van der Waals surface area (Å²) in [6, 6.07) is 16.5. The van der Waals surface area contributed by atoms with Crippen LogP contribution in [0, 0.1) is 13.8 Å². The van der Waals surface area contributed by atoms with E-state index in [0.717, 1.165) is 17.7 Å². The van der Waals surface area contributed by atoms with Crippen LogP contribution in [0.4, 0.5) is 0 Å². The first-order chi connectivity index (χ1) is 9.20. The van der Waals surface area contributed by atoms with Crippen LogP contribution >= 0.6 is 11.6 Å². The zero-order valence-corrected chi connectivity index (χ0v) is 12.2. The lowest BCUT2D eigenvalue weighted by Gasteiger charge is -2.20. The molecule has 0 heterocycles. The predicted molar refractivity (Wildman–Crippen MR) is 81.1 cm³/mol. The lowest BCUT2D eigenvalue weighted by Crippen LogP contribution is -2.09. The normalized spacial score (nSPS) is 12.2. The van der Waals surface area contributed by atoms with Crippen molar-refractivity contribution in [3.05, 3.63) is 65.2 Å². The minimum atomic E-state index is 0.0140. The third kappa shape index (κ3) is 3.74. The zero-order valence-electron chi connectivity index (χ0n) is 11.4. The lowest BCUT2D eigenvalue weighted by atomic mass is 10.1. The van der Waals surface area contributed by atoms with Crippen molar-refractivity contribution in [1.82, 2.24) is 0 Å². The van der Waals surface area contributed by atoms with Crippen LogP contribution in [0.25, 0.3) is 0 Å². The van der Waals surface area contributed by atoms with E-state index < -0.39 is 0 Å². The summed E-state index contributed by atoms with van der Waals surface area (Å²) in [5, 5.41) is 0. The molecule has 100 valence electrons. The summed E-state index contributed by atoms with van der Waals surface area (Å²) in [5.74, 6) is 1.52. The standard InChI is InChI=1S/C17H19ClO/c1-13-8-9-16(14(2)12-13)19-17(10-11-18)15-6-4-3-5-7-15/h3-9,12,17H,10-11H2,1-2H3. The molecule has 0 fully saturated rings. The maximum atomic E-state index is 6.14. The van der Waals surface area contributed by atoms with Crippen molar-refractivity contribution >= 4 is 11.6 Å². The summed E-state index contributed by atoms with van der Waals surface area (Å²) >= 11 is 5.90. The number of halogens is 1. The molecule has 0 aliphatic rings. The molecule has 0 bridgehead atoms. The summed E-state index contributed by atoms with van der Waals surface area (Å²) < 4.78 is 6.14. The number of ether oxygens (including phenoxy) is 1. The van der Waals surface area contributed by atoms with Gasteiger partial charge in [-0.3, -0.25) is 0 Å². The molecule has 1 atom stereocenters. The second kappa shape index (κ2) is 6.63. The van der Waals surface area contributed by atoms with E-state index >= 15 is 0 Å². The van der Waals surface area contributed by atoms with Gasteiger partial charge in [0.05, 0.1) is 0 Å². The van der Waals surface area contributed by atoms with Gasteiger partial charge in [-0.05, 0) is 31.0 Å². The van der Waals surface area contributed by atoms with Crippen molar-refractivity contribution in [1.29, 1.82) is 0 Å². The van der Waals surface area contributed by atoms with Crippen LogP contribution in [0.5, 0.6) is 5.75 Å². The molecule has 0 saturated heterocycles. The average molecular weight is 275 g/mol. The Morgan fingerprint density at radius 3 is 2.42 bits per heavy atom. The molecule has 2 heteroatoms. The highest BCUT2D eigenvalue weighted by atomic mass is 35.5. The van der Waals surface area contributed by atoms with Gasteiger partial charge in [0.2, 0.25) is 0 Å². The topological polar surface area (TPSA) is 9.23 Å². The molecule has 0 radical (unpaired) electrons. The zero-order chi connectivity index (χ0) is 13.7. The molecule has 0 aliphatic heterocycles. The van der Waals surface area contributed by atoms with E-state index in [9.17, 15) is 0 Å². The second-order valence-corrected chi connectivity index (χ2v) is 5.14. The van der Waals surface area contributed by atoms with Crippen LogP contribution in [-0.2, 0) is 0 Å². The van der Waals surface area contributed by atoms with Crippen LogP contribution < -0.4 is 4.74 Å². The Labute approximate surface area is 120 Å². The molecule has 19 heavy (non-hydrogen) atoms. The molecule has 0 saturated carbocycles. The van der Waals surface area contributed by atoms with Crippen molar-refractivity contribution in [3.8, 4) is 5.75 Å². The van der Waals surface area contributed by atoms with Gasteiger partial charge in [0.25, 0.3) is 0 Å². The summed E-state index contributed by atoms with van der Waals surface area (Å²) in [6.45, 7) is 4.16. The van der Waals surface area contributed by atoms with Crippen LogP contribution in [0.2, 0.25) is 0 Å². The number of rotatable bonds is 5. The van der Waals surface area contributed by atoms with Crippen molar-refractivity contribution in [2.24, 2.45) is 0 Å². The van der Waals surface area contributed by atoms with Crippen LogP contribution in [0.3, 0.4) is 0 Å². The predicted octanol–water partition coefficient (Wildman–Crippen LogP) is 5.05. The fourth-order valence-corrected chi connectivity index (χ4v) is 2.34. The molecule has 0 aliphatic carbocycles. The first-order valence-electron chi connectivity index (χ1n) is 6.55. The van der Waals surface area contributed by atoms with E-state index in [0.29, 0.717) is 5.88 Å². The van der Waals surface area contributed by atoms with Gasteiger partial charge in [0.15, 0.2) is 0 Å². The number of benzene rings is 2. The summed E-state index contributed by atoms with van der Waals surface area (Å²) in [5.41, 5.74) is 3.58. The number of aryl methyl sites for hydroxylation is 2. The monoisotopic (exact) mass is 274 g/mol. The number of hydrogen-bond donors (Lipinski definition) is 0. The van der Waals surface area contributed by atoms with Crippen LogP contribution in [0.15, 0.2) is 48.5 Å². The summed E-state index contributed by atoms with van der Waals surface area (Å²) in [4.78, 5) is 0. The molecule has 0 spiro atoms. The molecule has 1 unspecified atom stereocenters. The molecule has 2 rings (SSSR count). The van der Waals surface area contributed by atoms with Crippen LogP contribution in [-0.4, -0.2) is 5.88 Å². The first kappa shape index (κ1) is 14.0. The summed E-state index contributed by atoms with van der Waals surface area (Å²) in [7, 11) is 0. The molecule has 1 nitrogen and oxygen atoms in total. The van der Waals surface area contributed by atoms with Gasteiger partial charge in [-0.2, -0.15) is 0 Å². The van der Waals surface area contributed by atoms with Gasteiger partial charge < -0.3 is 4.74 Å². The average Bonchev–Trinajstić information content (AvgIpc) is 2.42. The highest BCUT2D eigenvalue weighted by Crippen LogP contribution is 2.28. The Bertz CT molecular complexity index is 522. The maximum Gasteiger partial charge on any atom is 0.125 e. The minimum Gasteiger partial charge on any atom is -0.485 e. The third-order valence-corrected chi connectivity index (χ3v) is 3.36. The molecule has 2 aromatic carbocycles. The van der Waals surface area contributed by atoms with Gasteiger partial charge in [0, 0.05) is 12.3 Å². The fraction of sp³-hybridized carbons (Fsp3) is 0.294. The van der Waals surface area contributed by atoms with Crippen LogP contribution in [0.1, 0.15) is 29.2 Å². The smallest absolute Gasteiger partial charge is 0.125 e. The third-order valence-electron chi connectivity index (χ3n) is 3.14. The van der Waals surface area contributed by atoms with Crippen molar-refractivity contribution < 1.29 is 4.74 Å². The van der Waals surface area contributed by atoms with E-state index in [1.54, 1.807) is 0 Å². The van der Waals surface area contributed by atoms with Gasteiger partial charge in [-0.25, -0.2) is 0 Å². The SMILES string of the molecule is Cc1ccc(OC(CCCl)c2ccccc2)c(C)c1. The molecule has 0 amide bonds. The van der Waals surface area contributed by atoms with E-state index in [-0.39, 0.29) is 6.10 Å².